The van der Waals surface area contributed by atoms with E-state index in [0.717, 1.165) is 11.1 Å². The maximum absolute atomic E-state index is 12.0. The zero-order valence-electron chi connectivity index (χ0n) is 10.5. The van der Waals surface area contributed by atoms with E-state index in [2.05, 4.69) is 4.74 Å². The van der Waals surface area contributed by atoms with Crippen LogP contribution in [0.3, 0.4) is 0 Å². The van der Waals surface area contributed by atoms with Crippen LogP contribution in [0.5, 0.6) is 5.75 Å². The molecule has 0 aromatic heterocycles. The van der Waals surface area contributed by atoms with Crippen molar-refractivity contribution in [2.75, 3.05) is 6.51 Å². The normalized spacial score (nSPS) is 10.7. The number of hydrogen-bond acceptors (Lipinski definition) is 1. The van der Waals surface area contributed by atoms with Crippen molar-refractivity contribution < 1.29 is 69.1 Å². The van der Waals surface area contributed by atoms with Crippen LogP contribution in [0.2, 0.25) is 0 Å². The third kappa shape index (κ3) is 5.71. The monoisotopic (exact) mass is 290 g/mol. The topological polar surface area (TPSA) is 9.23 Å². The number of benzene rings is 2. The summed E-state index contributed by atoms with van der Waals surface area (Å²) < 4.78 is 40.7. The van der Waals surface area contributed by atoms with Gasteiger partial charge in [0.1, 0.15) is 5.75 Å². The first kappa shape index (κ1) is 16.8. The van der Waals surface area contributed by atoms with Gasteiger partial charge in [-0.05, 0) is 23.3 Å². The Morgan fingerprint density at radius 2 is 1.32 bits per heavy atom. The number of hydrogen-bond donors (Lipinski definition) is 0. The third-order valence-corrected chi connectivity index (χ3v) is 2.40. The van der Waals surface area contributed by atoms with Gasteiger partial charge in [-0.3, -0.25) is 0 Å². The minimum absolute atomic E-state index is 0. The van der Waals surface area contributed by atoms with Gasteiger partial charge >= 0.3 is 58.4 Å². The van der Waals surface area contributed by atoms with E-state index in [1.807, 2.05) is 30.3 Å². The van der Waals surface area contributed by atoms with Crippen LogP contribution in [-0.2, 0) is 0 Å². The first-order chi connectivity index (χ1) is 8.54. The molecule has 0 saturated carbocycles. The first-order valence-corrected chi connectivity index (χ1v) is 5.54. The minimum atomic E-state index is -4.91. The average Bonchev–Trinajstić information content (AvgIpc) is 2.37. The number of halogens is 3. The Kier molecular flexibility index (Phi) is 6.62. The molecule has 0 aliphatic rings. The molecular formula is C13H11BF3KO. The summed E-state index contributed by atoms with van der Waals surface area (Å²) in [5, 5.41) is 0. The average molecular weight is 290 g/mol. The van der Waals surface area contributed by atoms with E-state index in [0.29, 0.717) is 0 Å². The van der Waals surface area contributed by atoms with Gasteiger partial charge < -0.3 is 17.7 Å². The summed E-state index contributed by atoms with van der Waals surface area (Å²) in [6, 6.07) is 16.2. The van der Waals surface area contributed by atoms with Crippen molar-refractivity contribution in [2.24, 2.45) is 0 Å². The van der Waals surface area contributed by atoms with E-state index < -0.39 is 13.5 Å². The molecule has 2 rings (SSSR count). The quantitative estimate of drug-likeness (QED) is 0.767. The second-order valence-corrected chi connectivity index (χ2v) is 3.91. The van der Waals surface area contributed by atoms with E-state index in [9.17, 15) is 12.9 Å². The Morgan fingerprint density at radius 3 is 1.84 bits per heavy atom. The fraction of sp³-hybridized carbons (Fsp3) is 0.0769. The van der Waals surface area contributed by atoms with Crippen LogP contribution in [0.1, 0.15) is 0 Å². The molecular weight excluding hydrogens is 279 g/mol. The van der Waals surface area contributed by atoms with Crippen molar-refractivity contribution in [1.29, 1.82) is 0 Å². The molecule has 0 amide bonds. The molecule has 0 atom stereocenters. The maximum atomic E-state index is 12.0. The van der Waals surface area contributed by atoms with Crippen LogP contribution in [0, 0.1) is 0 Å². The van der Waals surface area contributed by atoms with E-state index in [-0.39, 0.29) is 57.1 Å². The molecule has 0 N–H and O–H groups in total. The van der Waals surface area contributed by atoms with Gasteiger partial charge in [-0.1, -0.05) is 42.5 Å². The van der Waals surface area contributed by atoms with Crippen molar-refractivity contribution in [3.63, 3.8) is 0 Å². The fourth-order valence-corrected chi connectivity index (χ4v) is 1.56. The Balaban J connectivity index is 0.00000180. The zero-order chi connectivity index (χ0) is 13.0. The molecule has 0 spiro atoms. The molecule has 0 fully saturated rings. The predicted octanol–water partition coefficient (Wildman–Crippen LogP) is 1.12. The maximum Gasteiger partial charge on any atom is 1.00 e. The Labute approximate surface area is 152 Å². The van der Waals surface area contributed by atoms with E-state index in [1.54, 1.807) is 24.3 Å². The summed E-state index contributed by atoms with van der Waals surface area (Å²) in [4.78, 5) is 0. The standard InChI is InChI=1S/C13H11BF3O.K/c15-14(16,17)10-18-13-8-6-12(7-9-13)11-4-2-1-3-5-11;/h1-9H,10H2;/q-1;+1. The summed E-state index contributed by atoms with van der Waals surface area (Å²) in [6.45, 7) is -6.11. The van der Waals surface area contributed by atoms with Gasteiger partial charge in [0.15, 0.2) is 0 Å². The summed E-state index contributed by atoms with van der Waals surface area (Å²) in [5.74, 6) is 0.230. The van der Waals surface area contributed by atoms with Crippen molar-refractivity contribution in [3.8, 4) is 16.9 Å². The zero-order valence-corrected chi connectivity index (χ0v) is 13.6. The van der Waals surface area contributed by atoms with Gasteiger partial charge in [-0.15, -0.1) is 0 Å². The third-order valence-electron chi connectivity index (χ3n) is 2.40. The van der Waals surface area contributed by atoms with E-state index >= 15 is 0 Å². The SMILES string of the molecule is F[B-](F)(F)COc1ccc(-c2ccccc2)cc1.[K+]. The van der Waals surface area contributed by atoms with Gasteiger partial charge in [-0.25, -0.2) is 0 Å². The molecule has 2 aromatic carbocycles. The molecule has 0 heterocycles. The van der Waals surface area contributed by atoms with Gasteiger partial charge in [0.25, 0.3) is 0 Å². The summed E-state index contributed by atoms with van der Waals surface area (Å²) >= 11 is 0. The number of rotatable bonds is 4. The number of ether oxygens (including phenoxy) is 1. The summed E-state index contributed by atoms with van der Waals surface area (Å²) in [6.07, 6.45) is 0. The molecule has 0 aliphatic heterocycles. The molecule has 19 heavy (non-hydrogen) atoms. The predicted molar refractivity (Wildman–Crippen MR) is 66.5 cm³/mol. The molecule has 94 valence electrons. The molecule has 0 aliphatic carbocycles. The second-order valence-electron chi connectivity index (χ2n) is 3.91. The largest absolute Gasteiger partial charge is 1.00 e. The van der Waals surface area contributed by atoms with Crippen LogP contribution in [-0.4, -0.2) is 13.5 Å². The molecule has 2 aromatic rings. The Morgan fingerprint density at radius 1 is 0.789 bits per heavy atom. The van der Waals surface area contributed by atoms with Crippen LogP contribution in [0.25, 0.3) is 11.1 Å². The molecule has 0 unspecified atom stereocenters. The fourth-order valence-electron chi connectivity index (χ4n) is 1.56. The minimum Gasteiger partial charge on any atom is -0.522 e. The van der Waals surface area contributed by atoms with Crippen molar-refractivity contribution >= 4 is 6.98 Å². The smallest absolute Gasteiger partial charge is 0.522 e. The second kappa shape index (κ2) is 7.50. The van der Waals surface area contributed by atoms with Gasteiger partial charge in [-0.2, -0.15) is 0 Å². The van der Waals surface area contributed by atoms with E-state index in [1.165, 1.54) is 0 Å². The Bertz CT molecular complexity index is 500. The van der Waals surface area contributed by atoms with Gasteiger partial charge in [0, 0.05) is 0 Å². The summed E-state index contributed by atoms with van der Waals surface area (Å²) in [7, 11) is 0. The van der Waals surface area contributed by atoms with E-state index in [4.69, 9.17) is 0 Å². The van der Waals surface area contributed by atoms with Crippen LogP contribution in [0.4, 0.5) is 12.9 Å². The Hall–Kier alpha value is -0.269. The van der Waals surface area contributed by atoms with Crippen LogP contribution < -0.4 is 56.1 Å². The van der Waals surface area contributed by atoms with Crippen molar-refractivity contribution in [2.45, 2.75) is 0 Å². The molecule has 6 heteroatoms. The molecule has 0 bridgehead atoms. The van der Waals surface area contributed by atoms with Gasteiger partial charge in [0.05, 0.1) is 6.51 Å². The molecule has 0 radical (unpaired) electrons. The molecule has 1 nitrogen and oxygen atoms in total. The van der Waals surface area contributed by atoms with Crippen LogP contribution in [0.15, 0.2) is 54.6 Å². The van der Waals surface area contributed by atoms with Crippen molar-refractivity contribution in [3.05, 3.63) is 54.6 Å². The van der Waals surface area contributed by atoms with Gasteiger partial charge in [0.2, 0.25) is 0 Å². The van der Waals surface area contributed by atoms with Crippen LogP contribution >= 0.6 is 0 Å². The van der Waals surface area contributed by atoms with Crippen molar-refractivity contribution in [1.82, 2.24) is 0 Å². The summed E-state index contributed by atoms with van der Waals surface area (Å²) in [5.41, 5.74) is 1.96. The molecule has 0 saturated heterocycles. The first-order valence-electron chi connectivity index (χ1n) is 5.54.